The Bertz CT molecular complexity index is 217. The van der Waals surface area contributed by atoms with Crippen LogP contribution in [0.5, 0.6) is 0 Å². The molecule has 0 aromatic heterocycles. The molecule has 7 heteroatoms. The first-order valence-corrected chi connectivity index (χ1v) is 4.79. The molecule has 1 N–H and O–H groups in total. The molecule has 0 fully saturated rings. The first-order valence-electron chi connectivity index (χ1n) is 4.79. The smallest absolute Gasteiger partial charge is 0.415 e. The summed E-state index contributed by atoms with van der Waals surface area (Å²) >= 11 is 0. The van der Waals surface area contributed by atoms with Crippen molar-refractivity contribution in [3.05, 3.63) is 0 Å². The molecule has 0 aliphatic carbocycles. The second-order valence-electron chi connectivity index (χ2n) is 3.23. The predicted molar refractivity (Wildman–Crippen MR) is 49.1 cm³/mol. The number of ether oxygens (including phenoxy) is 2. The van der Waals surface area contributed by atoms with Gasteiger partial charge in [0.05, 0.1) is 19.1 Å². The minimum Gasteiger partial charge on any atom is -0.481 e. The lowest BCUT2D eigenvalue weighted by molar-refractivity contribution is -0.238. The maximum absolute atomic E-state index is 12.3. The lowest BCUT2D eigenvalue weighted by atomic mass is 10.2. The molecule has 0 bridgehead atoms. The molecule has 2 atom stereocenters. The van der Waals surface area contributed by atoms with Crippen molar-refractivity contribution in [2.24, 2.45) is 0 Å². The molecule has 0 aliphatic heterocycles. The molecule has 0 radical (unpaired) electrons. The number of aliphatic carboxylic acids is 1. The van der Waals surface area contributed by atoms with Gasteiger partial charge in [-0.25, -0.2) is 0 Å². The van der Waals surface area contributed by atoms with Crippen molar-refractivity contribution in [3.63, 3.8) is 0 Å². The third-order valence-electron chi connectivity index (χ3n) is 1.68. The van der Waals surface area contributed by atoms with E-state index >= 15 is 0 Å². The molecule has 0 saturated carbocycles. The number of alkyl halides is 3. The summed E-state index contributed by atoms with van der Waals surface area (Å²) in [5.74, 6) is -1.55. The summed E-state index contributed by atoms with van der Waals surface area (Å²) in [5, 5.41) is 8.32. The molecule has 2 unspecified atom stereocenters. The van der Waals surface area contributed by atoms with Gasteiger partial charge in [0.15, 0.2) is 6.10 Å². The van der Waals surface area contributed by atoms with Gasteiger partial charge in [-0.05, 0) is 13.8 Å². The predicted octanol–water partition coefficient (Wildman–Crippen LogP) is 1.83. The number of carboxylic acids is 1. The van der Waals surface area contributed by atoms with Crippen molar-refractivity contribution in [1.82, 2.24) is 0 Å². The molecule has 96 valence electrons. The quantitative estimate of drug-likeness (QED) is 0.742. The van der Waals surface area contributed by atoms with E-state index in [0.717, 1.165) is 0 Å². The summed E-state index contributed by atoms with van der Waals surface area (Å²) in [6.07, 6.45) is -8.87. The Labute approximate surface area is 91.3 Å². The number of carboxylic acid groups (broad SMARTS) is 1. The van der Waals surface area contributed by atoms with Gasteiger partial charge in [-0.2, -0.15) is 13.2 Å². The molecule has 16 heavy (non-hydrogen) atoms. The van der Waals surface area contributed by atoms with Crippen molar-refractivity contribution >= 4 is 5.97 Å². The van der Waals surface area contributed by atoms with E-state index in [1.165, 1.54) is 6.92 Å². The van der Waals surface area contributed by atoms with Gasteiger partial charge in [0.2, 0.25) is 0 Å². The molecule has 0 rings (SSSR count). The van der Waals surface area contributed by atoms with Crippen LogP contribution in [0.4, 0.5) is 13.2 Å². The summed E-state index contributed by atoms with van der Waals surface area (Å²) in [6, 6.07) is 0. The van der Waals surface area contributed by atoms with Gasteiger partial charge in [0.1, 0.15) is 0 Å². The van der Waals surface area contributed by atoms with Crippen molar-refractivity contribution in [2.75, 3.05) is 13.2 Å². The van der Waals surface area contributed by atoms with Gasteiger partial charge in [0, 0.05) is 6.61 Å². The zero-order valence-corrected chi connectivity index (χ0v) is 9.08. The zero-order valence-electron chi connectivity index (χ0n) is 9.08. The van der Waals surface area contributed by atoms with Crippen molar-refractivity contribution in [2.45, 2.75) is 38.7 Å². The molecular weight excluding hydrogens is 229 g/mol. The summed E-state index contributed by atoms with van der Waals surface area (Å²) < 4.78 is 46.5. The van der Waals surface area contributed by atoms with E-state index < -0.39 is 30.8 Å². The van der Waals surface area contributed by atoms with Gasteiger partial charge in [0.25, 0.3) is 0 Å². The highest BCUT2D eigenvalue weighted by molar-refractivity contribution is 5.67. The second-order valence-corrected chi connectivity index (χ2v) is 3.23. The van der Waals surface area contributed by atoms with Crippen LogP contribution in [0.25, 0.3) is 0 Å². The molecule has 4 nitrogen and oxygen atoms in total. The average Bonchev–Trinajstić information content (AvgIpc) is 2.11. The molecule has 0 saturated heterocycles. The fourth-order valence-corrected chi connectivity index (χ4v) is 1.00. The van der Waals surface area contributed by atoms with E-state index in [2.05, 4.69) is 4.74 Å². The Hall–Kier alpha value is -0.820. The highest BCUT2D eigenvalue weighted by atomic mass is 19.4. The SMILES string of the molecule is CCOCC(C)OC(CC(=O)O)C(F)(F)F. The maximum atomic E-state index is 12.3. The lowest BCUT2D eigenvalue weighted by Crippen LogP contribution is -2.37. The second kappa shape index (κ2) is 6.70. The van der Waals surface area contributed by atoms with Crippen molar-refractivity contribution in [1.29, 1.82) is 0 Å². The van der Waals surface area contributed by atoms with Gasteiger partial charge in [-0.1, -0.05) is 0 Å². The van der Waals surface area contributed by atoms with Crippen LogP contribution in [-0.2, 0) is 14.3 Å². The fraction of sp³-hybridized carbons (Fsp3) is 0.889. The van der Waals surface area contributed by atoms with Crippen LogP contribution >= 0.6 is 0 Å². The normalized spacial score (nSPS) is 15.8. The van der Waals surface area contributed by atoms with E-state index in [4.69, 9.17) is 9.84 Å². The third-order valence-corrected chi connectivity index (χ3v) is 1.68. The minimum absolute atomic E-state index is 0.00268. The Morgan fingerprint density at radius 2 is 2.00 bits per heavy atom. The summed E-state index contributed by atoms with van der Waals surface area (Å²) in [6.45, 7) is 3.47. The van der Waals surface area contributed by atoms with E-state index in [1.807, 2.05) is 0 Å². The molecule has 0 heterocycles. The van der Waals surface area contributed by atoms with Crippen molar-refractivity contribution in [3.8, 4) is 0 Å². The average molecular weight is 244 g/mol. The fourth-order valence-electron chi connectivity index (χ4n) is 1.00. The van der Waals surface area contributed by atoms with Crippen LogP contribution in [0.1, 0.15) is 20.3 Å². The topological polar surface area (TPSA) is 55.8 Å². The highest BCUT2D eigenvalue weighted by Crippen LogP contribution is 2.26. The Kier molecular flexibility index (Phi) is 6.35. The van der Waals surface area contributed by atoms with Gasteiger partial charge >= 0.3 is 12.1 Å². The summed E-state index contributed by atoms with van der Waals surface area (Å²) in [4.78, 5) is 10.2. The number of rotatable bonds is 7. The lowest BCUT2D eigenvalue weighted by Gasteiger charge is -2.23. The van der Waals surface area contributed by atoms with Crippen LogP contribution in [0, 0.1) is 0 Å². The number of halogens is 3. The summed E-state index contributed by atoms with van der Waals surface area (Å²) in [7, 11) is 0. The first kappa shape index (κ1) is 15.2. The van der Waals surface area contributed by atoms with Crippen LogP contribution in [0.2, 0.25) is 0 Å². The van der Waals surface area contributed by atoms with Gasteiger partial charge in [-0.3, -0.25) is 4.79 Å². The van der Waals surface area contributed by atoms with Crippen LogP contribution < -0.4 is 0 Å². The van der Waals surface area contributed by atoms with E-state index in [9.17, 15) is 18.0 Å². The van der Waals surface area contributed by atoms with E-state index in [0.29, 0.717) is 6.61 Å². The molecule has 0 amide bonds. The molecule has 0 spiro atoms. The maximum Gasteiger partial charge on any atom is 0.415 e. The van der Waals surface area contributed by atoms with Crippen molar-refractivity contribution < 1.29 is 32.5 Å². The number of hydrogen-bond donors (Lipinski definition) is 1. The number of carbonyl (C=O) groups is 1. The van der Waals surface area contributed by atoms with Gasteiger partial charge in [-0.15, -0.1) is 0 Å². The van der Waals surface area contributed by atoms with E-state index in [-0.39, 0.29) is 6.61 Å². The Balaban J connectivity index is 4.26. The van der Waals surface area contributed by atoms with Gasteiger partial charge < -0.3 is 14.6 Å². The van der Waals surface area contributed by atoms with Crippen LogP contribution in [0.3, 0.4) is 0 Å². The monoisotopic (exact) mass is 244 g/mol. The minimum atomic E-state index is -4.68. The van der Waals surface area contributed by atoms with Crippen LogP contribution in [-0.4, -0.2) is 42.7 Å². The molecule has 0 aromatic carbocycles. The molecule has 0 aliphatic rings. The molecular formula is C9H15F3O4. The Morgan fingerprint density at radius 3 is 2.38 bits per heavy atom. The zero-order chi connectivity index (χ0) is 12.8. The standard InChI is InChI=1S/C9H15F3O4/c1-3-15-5-6(2)16-7(4-8(13)14)9(10,11)12/h6-7H,3-5H2,1-2H3,(H,13,14). The van der Waals surface area contributed by atoms with E-state index in [1.54, 1.807) is 6.92 Å². The van der Waals surface area contributed by atoms with Crippen LogP contribution in [0.15, 0.2) is 0 Å². The Morgan fingerprint density at radius 1 is 1.44 bits per heavy atom. The third kappa shape index (κ3) is 6.62. The summed E-state index contributed by atoms with van der Waals surface area (Å²) in [5.41, 5.74) is 0. The number of hydrogen-bond acceptors (Lipinski definition) is 3. The first-order chi connectivity index (χ1) is 7.27. The molecule has 0 aromatic rings. The largest absolute Gasteiger partial charge is 0.481 e. The highest BCUT2D eigenvalue weighted by Gasteiger charge is 2.42.